The van der Waals surface area contributed by atoms with Gasteiger partial charge in [0.25, 0.3) is 5.56 Å². The molecular weight excluding hydrogens is 364 g/mol. The van der Waals surface area contributed by atoms with Gasteiger partial charge in [0.2, 0.25) is 0 Å². The number of H-pyrrole nitrogens is 1. The molecule has 3 rings (SSSR count). The van der Waals surface area contributed by atoms with Crippen LogP contribution in [0.2, 0.25) is 0 Å². The Labute approximate surface area is 163 Å². The third-order valence-electron chi connectivity index (χ3n) is 4.78. The van der Waals surface area contributed by atoms with Crippen LogP contribution in [0.3, 0.4) is 0 Å². The lowest BCUT2D eigenvalue weighted by molar-refractivity contribution is 0.272. The maximum atomic E-state index is 12.4. The Balaban J connectivity index is 1.90. The van der Waals surface area contributed by atoms with Crippen LogP contribution >= 0.6 is 12.2 Å². The number of methoxy groups -OCH3 is 2. The molecule has 27 heavy (non-hydrogen) atoms. The molecule has 2 N–H and O–H groups in total. The first-order valence-electron chi connectivity index (χ1n) is 9.10. The van der Waals surface area contributed by atoms with Crippen LogP contribution in [-0.4, -0.2) is 41.9 Å². The molecule has 8 heteroatoms. The molecule has 0 spiro atoms. The summed E-state index contributed by atoms with van der Waals surface area (Å²) in [6.07, 6.45) is 1.75. The van der Waals surface area contributed by atoms with E-state index in [0.29, 0.717) is 31.0 Å². The molecule has 0 unspecified atom stereocenters. The van der Waals surface area contributed by atoms with E-state index < -0.39 is 0 Å². The Bertz CT molecular complexity index is 922. The summed E-state index contributed by atoms with van der Waals surface area (Å²) in [6.45, 7) is 5.05. The lowest BCUT2D eigenvalue weighted by Crippen LogP contribution is -2.39. The van der Waals surface area contributed by atoms with Crippen molar-refractivity contribution in [1.82, 2.24) is 14.5 Å². The minimum absolute atomic E-state index is 0.112. The van der Waals surface area contributed by atoms with Crippen LogP contribution in [0.1, 0.15) is 24.5 Å². The van der Waals surface area contributed by atoms with Gasteiger partial charge in [0, 0.05) is 13.1 Å². The number of nitrogens with one attached hydrogen (secondary N) is 2. The predicted octanol–water partition coefficient (Wildman–Crippen LogP) is 2.76. The number of hydrogen-bond acceptors (Lipinski definition) is 6. The molecule has 1 aliphatic heterocycles. The number of rotatable bonds is 7. The molecule has 2 aromatic rings. The number of fused-ring (bicyclic) bond motifs is 1. The van der Waals surface area contributed by atoms with Crippen molar-refractivity contribution in [3.63, 3.8) is 0 Å². The fourth-order valence-corrected chi connectivity index (χ4v) is 3.70. The van der Waals surface area contributed by atoms with Gasteiger partial charge in [-0.15, -0.1) is 0 Å². The molecular formula is C19H26N4O3S. The maximum Gasteiger partial charge on any atom is 0.258 e. The van der Waals surface area contributed by atoms with Crippen LogP contribution in [0.25, 0.3) is 0 Å². The van der Waals surface area contributed by atoms with Crippen molar-refractivity contribution in [2.24, 2.45) is 0 Å². The number of ether oxygens (including phenoxy) is 2. The highest BCUT2D eigenvalue weighted by atomic mass is 32.1. The average molecular weight is 391 g/mol. The largest absolute Gasteiger partial charge is 0.497 e. The fraction of sp³-hybridized carbons (Fsp3) is 0.474. The zero-order valence-electron chi connectivity index (χ0n) is 16.0. The van der Waals surface area contributed by atoms with Crippen molar-refractivity contribution in [3.8, 4) is 11.5 Å². The monoisotopic (exact) mass is 390 g/mol. The van der Waals surface area contributed by atoms with E-state index in [0.717, 1.165) is 41.4 Å². The molecule has 1 aromatic heterocycles. The third kappa shape index (κ3) is 4.17. The number of anilines is 1. The Morgan fingerprint density at radius 1 is 1.22 bits per heavy atom. The van der Waals surface area contributed by atoms with Crippen LogP contribution in [0.5, 0.6) is 11.5 Å². The maximum absolute atomic E-state index is 12.4. The highest BCUT2D eigenvalue weighted by Gasteiger charge is 2.21. The van der Waals surface area contributed by atoms with Crippen LogP contribution in [-0.2, 0) is 19.5 Å². The summed E-state index contributed by atoms with van der Waals surface area (Å²) < 4.78 is 13.2. The quantitative estimate of drug-likeness (QED) is 0.709. The van der Waals surface area contributed by atoms with Crippen LogP contribution in [0, 0.1) is 4.77 Å². The summed E-state index contributed by atoms with van der Waals surface area (Å²) >= 11 is 5.43. The zero-order valence-corrected chi connectivity index (χ0v) is 16.8. The molecule has 0 bridgehead atoms. The molecule has 1 aromatic carbocycles. The number of hydrogen-bond donors (Lipinski definition) is 2. The summed E-state index contributed by atoms with van der Waals surface area (Å²) in [7, 11) is 3.30. The van der Waals surface area contributed by atoms with Crippen molar-refractivity contribution in [1.29, 1.82) is 0 Å². The van der Waals surface area contributed by atoms with E-state index in [4.69, 9.17) is 21.7 Å². The Morgan fingerprint density at radius 2 is 2.04 bits per heavy atom. The molecule has 0 aliphatic carbocycles. The van der Waals surface area contributed by atoms with E-state index in [2.05, 4.69) is 22.1 Å². The topological polar surface area (TPSA) is 71.5 Å². The summed E-state index contributed by atoms with van der Waals surface area (Å²) in [4.78, 5) is 17.4. The molecule has 0 radical (unpaired) electrons. The normalized spacial score (nSPS) is 13.7. The van der Waals surface area contributed by atoms with Crippen LogP contribution in [0.4, 0.5) is 5.82 Å². The molecule has 0 atom stereocenters. The highest BCUT2D eigenvalue weighted by molar-refractivity contribution is 7.71. The lowest BCUT2D eigenvalue weighted by Gasteiger charge is -2.30. The number of nitrogens with zero attached hydrogens (tertiary/aromatic N) is 2. The summed E-state index contributed by atoms with van der Waals surface area (Å²) in [5.41, 5.74) is 1.65. The van der Waals surface area contributed by atoms with Gasteiger partial charge < -0.3 is 19.4 Å². The molecule has 0 saturated carbocycles. The molecule has 146 valence electrons. The van der Waals surface area contributed by atoms with Gasteiger partial charge in [-0.1, -0.05) is 6.92 Å². The Kier molecular flexibility index (Phi) is 6.18. The number of benzene rings is 1. The van der Waals surface area contributed by atoms with E-state index in [1.54, 1.807) is 14.2 Å². The number of aromatic amines is 1. The zero-order chi connectivity index (χ0) is 19.4. The molecule has 0 amide bonds. The highest BCUT2D eigenvalue weighted by Crippen LogP contribution is 2.26. The van der Waals surface area contributed by atoms with Crippen molar-refractivity contribution in [3.05, 3.63) is 44.5 Å². The van der Waals surface area contributed by atoms with Crippen molar-refractivity contribution < 1.29 is 9.47 Å². The standard InChI is InChI=1S/C19H26N4O3S/c1-4-8-22-11-15-17(20-12-22)23(19(27)21-18(15)24)9-7-13-10-14(25-2)5-6-16(13)26-3/h5-6,10,20H,4,7-9,11-12H2,1-3H3,(H,21,24,27). The predicted molar refractivity (Wildman–Crippen MR) is 108 cm³/mol. The molecule has 0 fully saturated rings. The first-order chi connectivity index (χ1) is 13.1. The van der Waals surface area contributed by atoms with Gasteiger partial charge in [-0.05, 0) is 55.4 Å². The van der Waals surface area contributed by atoms with Crippen molar-refractivity contribution >= 4 is 18.0 Å². The van der Waals surface area contributed by atoms with E-state index in [9.17, 15) is 4.79 Å². The summed E-state index contributed by atoms with van der Waals surface area (Å²) in [5.74, 6) is 2.41. The average Bonchev–Trinajstić information content (AvgIpc) is 2.68. The van der Waals surface area contributed by atoms with E-state index in [1.165, 1.54) is 0 Å². The summed E-state index contributed by atoms with van der Waals surface area (Å²) in [5, 5.41) is 3.38. The van der Waals surface area contributed by atoms with Gasteiger partial charge in [0.05, 0.1) is 26.5 Å². The van der Waals surface area contributed by atoms with Gasteiger partial charge in [0.1, 0.15) is 17.3 Å². The molecule has 1 aliphatic rings. The number of aromatic nitrogens is 2. The smallest absolute Gasteiger partial charge is 0.258 e. The van der Waals surface area contributed by atoms with Gasteiger partial charge in [-0.3, -0.25) is 14.7 Å². The molecule has 7 nitrogen and oxygen atoms in total. The fourth-order valence-electron chi connectivity index (χ4n) is 3.42. The lowest BCUT2D eigenvalue weighted by atomic mass is 10.1. The third-order valence-corrected chi connectivity index (χ3v) is 5.10. The minimum Gasteiger partial charge on any atom is -0.497 e. The Hall–Kier alpha value is -2.32. The van der Waals surface area contributed by atoms with Gasteiger partial charge in [-0.2, -0.15) is 0 Å². The summed E-state index contributed by atoms with van der Waals surface area (Å²) in [6, 6.07) is 5.74. The number of aryl methyl sites for hydroxylation is 1. The van der Waals surface area contributed by atoms with Crippen LogP contribution in [0.15, 0.2) is 23.0 Å². The molecule has 0 saturated heterocycles. The van der Waals surface area contributed by atoms with Gasteiger partial charge >= 0.3 is 0 Å². The second-order valence-corrected chi connectivity index (χ2v) is 6.94. The van der Waals surface area contributed by atoms with Crippen molar-refractivity contribution in [2.45, 2.75) is 32.9 Å². The first kappa shape index (κ1) is 19.4. The Morgan fingerprint density at radius 3 is 2.74 bits per heavy atom. The van der Waals surface area contributed by atoms with Gasteiger partial charge in [-0.25, -0.2) is 0 Å². The minimum atomic E-state index is -0.112. The first-order valence-corrected chi connectivity index (χ1v) is 9.51. The SMILES string of the molecule is CCCN1CNc2c(c(=O)[nH]c(=S)n2CCc2cc(OC)ccc2OC)C1. The second-order valence-electron chi connectivity index (χ2n) is 6.55. The van der Waals surface area contributed by atoms with Crippen molar-refractivity contribution in [2.75, 3.05) is 32.7 Å². The van der Waals surface area contributed by atoms with Gasteiger partial charge in [0.15, 0.2) is 4.77 Å². The molecule has 2 heterocycles. The van der Waals surface area contributed by atoms with E-state index >= 15 is 0 Å². The second kappa shape index (κ2) is 8.58. The van der Waals surface area contributed by atoms with E-state index in [1.807, 2.05) is 22.8 Å². The van der Waals surface area contributed by atoms with Crippen LogP contribution < -0.4 is 20.3 Å². The van der Waals surface area contributed by atoms with E-state index in [-0.39, 0.29) is 5.56 Å².